The molecule has 3 aromatic rings. The number of aromatic nitrogens is 1. The van der Waals surface area contributed by atoms with Gasteiger partial charge in [0.15, 0.2) is 0 Å². The van der Waals surface area contributed by atoms with Crippen LogP contribution in [-0.4, -0.2) is 62.6 Å². The van der Waals surface area contributed by atoms with Crippen LogP contribution in [0.4, 0.5) is 23.8 Å². The van der Waals surface area contributed by atoms with Gasteiger partial charge < -0.3 is 23.7 Å². The highest BCUT2D eigenvalue weighted by Gasteiger charge is 2.42. The van der Waals surface area contributed by atoms with E-state index in [1.54, 1.807) is 27.0 Å². The van der Waals surface area contributed by atoms with Crippen LogP contribution in [0, 0.1) is 12.3 Å². The molecule has 0 unspecified atom stereocenters. The average molecular weight is 623 g/mol. The minimum Gasteiger partial charge on any atom is -0.496 e. The van der Waals surface area contributed by atoms with Crippen molar-refractivity contribution < 1.29 is 36.7 Å². The van der Waals surface area contributed by atoms with Crippen molar-refractivity contribution in [2.45, 2.75) is 59.0 Å². The van der Waals surface area contributed by atoms with Crippen molar-refractivity contribution >= 4 is 24.5 Å². The molecule has 3 aliphatic rings. The number of carbonyl (C=O) groups excluding carboxylic acids is 1. The summed E-state index contributed by atoms with van der Waals surface area (Å²) in [5.41, 5.74) is 2.85. The first-order chi connectivity index (χ1) is 21.3. The van der Waals surface area contributed by atoms with Crippen LogP contribution >= 0.6 is 0 Å². The van der Waals surface area contributed by atoms with Crippen molar-refractivity contribution in [3.05, 3.63) is 70.9 Å². The molecule has 12 heteroatoms. The SMILES string of the molecule is COc1ccc(B2OCC(C)(C)CO2)cc1-c1ccc(N2CCC2)nc1CN1C(=O)O[C@H](c2cc(C)cc(C(F)(F)F)c2)[C@@H]1C. The fourth-order valence-electron chi connectivity index (χ4n) is 6.01. The number of anilines is 1. The molecule has 0 saturated carbocycles. The number of methoxy groups -OCH3 is 1. The standard InChI is InChI=1S/C33H37BF3N3O5/c1-20-13-22(15-23(14-20)33(35,36)37)30-21(2)40(31(41)45-30)17-27-25(8-10-29(38-27)39-11-6-12-39)26-16-24(7-9-28(26)42-5)34-43-18-32(3,4)19-44-34/h7-10,13-16,21,30H,6,11-12,17-19H2,1-5H3/t21-,30-/m0/s1. The molecule has 8 nitrogen and oxygen atoms in total. The zero-order chi connectivity index (χ0) is 32.1. The molecule has 1 amide bonds. The molecule has 3 aliphatic heterocycles. The number of alkyl halides is 3. The third-order valence-corrected chi connectivity index (χ3v) is 8.64. The van der Waals surface area contributed by atoms with Gasteiger partial charge >= 0.3 is 19.4 Å². The highest BCUT2D eigenvalue weighted by molar-refractivity contribution is 6.61. The number of amides is 1. The van der Waals surface area contributed by atoms with Crippen LogP contribution in [0.2, 0.25) is 0 Å². The zero-order valence-corrected chi connectivity index (χ0v) is 26.1. The number of rotatable bonds is 7. The monoisotopic (exact) mass is 623 g/mol. The van der Waals surface area contributed by atoms with E-state index in [-0.39, 0.29) is 12.0 Å². The fraction of sp³-hybridized carbons (Fsp3) is 0.455. The van der Waals surface area contributed by atoms with E-state index >= 15 is 0 Å². The molecule has 0 bridgehead atoms. The van der Waals surface area contributed by atoms with Crippen LogP contribution in [0.3, 0.4) is 0 Å². The number of benzene rings is 2. The quantitative estimate of drug-likeness (QED) is 0.293. The van der Waals surface area contributed by atoms with E-state index in [4.69, 9.17) is 23.8 Å². The summed E-state index contributed by atoms with van der Waals surface area (Å²) in [6.45, 7) is 10.5. The highest BCUT2D eigenvalue weighted by Crippen LogP contribution is 2.40. The average Bonchev–Trinajstić information content (AvgIpc) is 3.24. The Hall–Kier alpha value is -3.77. The van der Waals surface area contributed by atoms with Crippen molar-refractivity contribution in [2.75, 3.05) is 38.3 Å². The highest BCUT2D eigenvalue weighted by atomic mass is 19.4. The number of ether oxygens (including phenoxy) is 2. The van der Waals surface area contributed by atoms with E-state index in [2.05, 4.69) is 18.7 Å². The van der Waals surface area contributed by atoms with Crippen molar-refractivity contribution in [1.82, 2.24) is 9.88 Å². The Balaban J connectivity index is 1.35. The van der Waals surface area contributed by atoms with Crippen LogP contribution in [0.5, 0.6) is 5.75 Å². The maximum atomic E-state index is 13.6. The summed E-state index contributed by atoms with van der Waals surface area (Å²) in [6.07, 6.45) is -4.93. The van der Waals surface area contributed by atoms with Gasteiger partial charge in [-0.05, 0) is 61.6 Å². The molecular weight excluding hydrogens is 586 g/mol. The Morgan fingerprint density at radius 3 is 2.42 bits per heavy atom. The zero-order valence-electron chi connectivity index (χ0n) is 26.1. The molecule has 4 heterocycles. The van der Waals surface area contributed by atoms with Crippen molar-refractivity contribution in [3.8, 4) is 16.9 Å². The van der Waals surface area contributed by atoms with Gasteiger partial charge in [-0.15, -0.1) is 0 Å². The number of pyridine rings is 1. The van der Waals surface area contributed by atoms with Gasteiger partial charge in [-0.2, -0.15) is 13.2 Å². The second-order valence-electron chi connectivity index (χ2n) is 12.9. The molecule has 45 heavy (non-hydrogen) atoms. The van der Waals surface area contributed by atoms with Crippen LogP contribution in [-0.2, 0) is 26.8 Å². The van der Waals surface area contributed by atoms with Crippen LogP contribution in [0.15, 0.2) is 48.5 Å². The minimum atomic E-state index is -4.51. The normalized spacial score (nSPS) is 21.5. The number of hydrogen-bond acceptors (Lipinski definition) is 7. The lowest BCUT2D eigenvalue weighted by molar-refractivity contribution is -0.137. The van der Waals surface area contributed by atoms with Gasteiger partial charge in [0.25, 0.3) is 0 Å². The summed E-state index contributed by atoms with van der Waals surface area (Å²) < 4.78 is 64.4. The number of halogens is 3. The summed E-state index contributed by atoms with van der Waals surface area (Å²) in [5.74, 6) is 1.41. The number of aryl methyl sites for hydroxylation is 1. The molecule has 2 aromatic carbocycles. The van der Waals surface area contributed by atoms with E-state index in [0.717, 1.165) is 54.1 Å². The Labute approximate surface area is 261 Å². The Kier molecular flexibility index (Phi) is 8.24. The second kappa shape index (κ2) is 11.9. The van der Waals surface area contributed by atoms with Gasteiger partial charge in [-0.25, -0.2) is 9.78 Å². The molecule has 6 rings (SSSR count). The Bertz CT molecular complexity index is 1590. The first-order valence-corrected chi connectivity index (χ1v) is 15.2. The Morgan fingerprint density at radius 2 is 1.78 bits per heavy atom. The molecule has 0 spiro atoms. The molecular formula is C33H37BF3N3O5. The van der Waals surface area contributed by atoms with E-state index < -0.39 is 37.1 Å². The summed E-state index contributed by atoms with van der Waals surface area (Å²) in [4.78, 5) is 22.0. The molecule has 2 atom stereocenters. The topological polar surface area (TPSA) is 73.4 Å². The van der Waals surface area contributed by atoms with Gasteiger partial charge in [-0.1, -0.05) is 37.6 Å². The molecule has 0 aliphatic carbocycles. The van der Waals surface area contributed by atoms with Crippen LogP contribution in [0.25, 0.3) is 11.1 Å². The third kappa shape index (κ3) is 6.35. The summed E-state index contributed by atoms with van der Waals surface area (Å²) >= 11 is 0. The smallest absolute Gasteiger partial charge is 0.493 e. The predicted molar refractivity (Wildman–Crippen MR) is 165 cm³/mol. The maximum Gasteiger partial charge on any atom is 0.493 e. The number of nitrogens with zero attached hydrogens (tertiary/aromatic N) is 3. The van der Waals surface area contributed by atoms with Gasteiger partial charge in [0.05, 0.1) is 31.0 Å². The van der Waals surface area contributed by atoms with E-state index in [9.17, 15) is 18.0 Å². The summed E-state index contributed by atoms with van der Waals surface area (Å²) in [7, 11) is 1.06. The van der Waals surface area contributed by atoms with Crippen molar-refractivity contribution in [2.24, 2.45) is 5.41 Å². The molecule has 0 N–H and O–H groups in total. The van der Waals surface area contributed by atoms with Crippen molar-refractivity contribution in [1.29, 1.82) is 0 Å². The minimum absolute atomic E-state index is 0.0821. The number of cyclic esters (lactones) is 1. The molecule has 3 fully saturated rings. The first-order valence-electron chi connectivity index (χ1n) is 15.2. The summed E-state index contributed by atoms with van der Waals surface area (Å²) in [5, 5.41) is 0. The van der Waals surface area contributed by atoms with Crippen LogP contribution in [0.1, 0.15) is 55.7 Å². The molecule has 1 aromatic heterocycles. The van der Waals surface area contributed by atoms with E-state index in [1.807, 2.05) is 30.3 Å². The van der Waals surface area contributed by atoms with E-state index in [1.165, 1.54) is 4.90 Å². The van der Waals surface area contributed by atoms with Gasteiger partial charge in [-0.3, -0.25) is 4.90 Å². The fourth-order valence-corrected chi connectivity index (χ4v) is 6.01. The lowest BCUT2D eigenvalue weighted by Crippen LogP contribution is -2.47. The predicted octanol–water partition coefficient (Wildman–Crippen LogP) is 6.14. The lowest BCUT2D eigenvalue weighted by Gasteiger charge is -2.33. The van der Waals surface area contributed by atoms with E-state index in [0.29, 0.717) is 35.8 Å². The molecule has 238 valence electrons. The second-order valence-corrected chi connectivity index (χ2v) is 12.9. The van der Waals surface area contributed by atoms with Gasteiger partial charge in [0, 0.05) is 42.8 Å². The third-order valence-electron chi connectivity index (χ3n) is 8.64. The van der Waals surface area contributed by atoms with Crippen molar-refractivity contribution in [3.63, 3.8) is 0 Å². The van der Waals surface area contributed by atoms with Gasteiger partial charge in [0.2, 0.25) is 0 Å². The molecule has 0 radical (unpaired) electrons. The largest absolute Gasteiger partial charge is 0.496 e. The number of carbonyl (C=O) groups is 1. The Morgan fingerprint density at radius 1 is 1.04 bits per heavy atom. The lowest BCUT2D eigenvalue weighted by atomic mass is 9.75. The molecule has 3 saturated heterocycles. The van der Waals surface area contributed by atoms with Gasteiger partial charge in [0.1, 0.15) is 17.7 Å². The summed E-state index contributed by atoms with van der Waals surface area (Å²) in [6, 6.07) is 12.9. The first kappa shape index (κ1) is 31.2. The number of hydrogen-bond donors (Lipinski definition) is 0. The van der Waals surface area contributed by atoms with Crippen LogP contribution < -0.4 is 15.1 Å². The maximum absolute atomic E-state index is 13.6.